The van der Waals surface area contributed by atoms with E-state index in [-0.39, 0.29) is 24.7 Å². The van der Waals surface area contributed by atoms with Crippen molar-refractivity contribution in [1.82, 2.24) is 10.2 Å². The van der Waals surface area contributed by atoms with Crippen LogP contribution in [0.4, 0.5) is 4.79 Å². The molecule has 0 radical (unpaired) electrons. The molecule has 2 N–H and O–H groups in total. The number of alkyl carbamates (subject to hydrolysis) is 1. The van der Waals surface area contributed by atoms with Gasteiger partial charge < -0.3 is 29.4 Å². The number of carbonyl (C=O) groups excluding carboxylic acids is 2. The zero-order valence-electron chi connectivity index (χ0n) is 23.5. The van der Waals surface area contributed by atoms with Gasteiger partial charge in [-0.1, -0.05) is 48.6 Å². The Morgan fingerprint density at radius 3 is 2.70 bits per heavy atom. The number of aliphatic hydroxyl groups is 1. The lowest BCUT2D eigenvalue weighted by Crippen LogP contribution is -2.46. The summed E-state index contributed by atoms with van der Waals surface area (Å²) in [5, 5.41) is 13.0. The van der Waals surface area contributed by atoms with Crippen molar-refractivity contribution in [3.8, 4) is 11.5 Å². The van der Waals surface area contributed by atoms with Crippen molar-refractivity contribution < 1.29 is 33.6 Å². The maximum absolute atomic E-state index is 13.3. The van der Waals surface area contributed by atoms with E-state index in [9.17, 15) is 14.7 Å². The molecule has 2 aromatic carbocycles. The van der Waals surface area contributed by atoms with Crippen LogP contribution >= 0.6 is 0 Å². The zero-order chi connectivity index (χ0) is 28.5. The van der Waals surface area contributed by atoms with E-state index < -0.39 is 29.8 Å². The van der Waals surface area contributed by atoms with Crippen LogP contribution in [0.5, 0.6) is 11.5 Å². The highest BCUT2D eigenvalue weighted by Crippen LogP contribution is 2.55. The molecule has 40 heavy (non-hydrogen) atoms. The van der Waals surface area contributed by atoms with E-state index in [0.29, 0.717) is 25.3 Å². The molecule has 2 heterocycles. The number of aliphatic hydroxyl groups excluding tert-OH is 1. The Morgan fingerprint density at radius 2 is 1.98 bits per heavy atom. The molecule has 1 amide bonds. The van der Waals surface area contributed by atoms with Gasteiger partial charge in [0.15, 0.2) is 11.5 Å². The highest BCUT2D eigenvalue weighted by atomic mass is 16.6. The van der Waals surface area contributed by atoms with E-state index >= 15 is 0 Å². The zero-order valence-corrected chi connectivity index (χ0v) is 23.5. The third-order valence-electron chi connectivity index (χ3n) is 7.68. The van der Waals surface area contributed by atoms with Crippen LogP contribution in [0, 0.1) is 0 Å². The fraction of sp³-hybridized carbons (Fsp3) is 0.484. The van der Waals surface area contributed by atoms with Crippen molar-refractivity contribution in [2.24, 2.45) is 0 Å². The van der Waals surface area contributed by atoms with Crippen LogP contribution in [0.2, 0.25) is 0 Å². The second-order valence-electron chi connectivity index (χ2n) is 11.7. The number of rotatable bonds is 7. The molecule has 0 bridgehead atoms. The lowest BCUT2D eigenvalue weighted by molar-refractivity contribution is -0.151. The van der Waals surface area contributed by atoms with Gasteiger partial charge in [-0.05, 0) is 44.4 Å². The van der Waals surface area contributed by atoms with Gasteiger partial charge in [0.05, 0.1) is 18.6 Å². The van der Waals surface area contributed by atoms with Gasteiger partial charge >= 0.3 is 12.1 Å². The molecule has 9 heteroatoms. The van der Waals surface area contributed by atoms with E-state index in [4.69, 9.17) is 18.9 Å². The molecule has 3 aliphatic rings. The molecule has 9 nitrogen and oxygen atoms in total. The van der Waals surface area contributed by atoms with Gasteiger partial charge in [0, 0.05) is 31.5 Å². The molecule has 0 saturated carbocycles. The largest absolute Gasteiger partial charge is 0.493 e. The first kappa shape index (κ1) is 28.0. The molecule has 0 aromatic heterocycles. The first-order chi connectivity index (χ1) is 19.1. The Morgan fingerprint density at radius 1 is 1.20 bits per heavy atom. The number of methoxy groups -OCH3 is 1. The SMILES string of the molecule is COc1ccc2c3c1O[C@H]1C[C@@H](O)C=CC31CCN(COC(=O)C(Cc1ccccc1)NC(=O)OC(C)(C)C)C2. The van der Waals surface area contributed by atoms with Crippen LogP contribution in [-0.2, 0) is 32.6 Å². The van der Waals surface area contributed by atoms with E-state index in [1.54, 1.807) is 27.9 Å². The number of carbonyl (C=O) groups is 2. The summed E-state index contributed by atoms with van der Waals surface area (Å²) in [5.74, 6) is 0.873. The number of esters is 1. The summed E-state index contributed by atoms with van der Waals surface area (Å²) in [6.07, 6.45) is 4.01. The average molecular weight is 551 g/mol. The maximum atomic E-state index is 13.3. The fourth-order valence-corrected chi connectivity index (χ4v) is 5.85. The quantitative estimate of drug-likeness (QED) is 0.396. The van der Waals surface area contributed by atoms with Crippen LogP contribution < -0.4 is 14.8 Å². The number of nitrogens with zero attached hydrogens (tertiary/aromatic N) is 1. The van der Waals surface area contributed by atoms with Crippen LogP contribution in [0.15, 0.2) is 54.6 Å². The Balaban J connectivity index is 1.32. The number of nitrogens with one attached hydrogen (secondary N) is 1. The highest BCUT2D eigenvalue weighted by Gasteiger charge is 2.52. The maximum Gasteiger partial charge on any atom is 0.408 e. The Labute approximate surface area is 235 Å². The molecule has 0 saturated heterocycles. The number of ether oxygens (including phenoxy) is 4. The number of hydrogen-bond donors (Lipinski definition) is 2. The Bertz CT molecular complexity index is 1270. The molecule has 214 valence electrons. The summed E-state index contributed by atoms with van der Waals surface area (Å²) < 4.78 is 23.2. The lowest BCUT2D eigenvalue weighted by atomic mass is 9.69. The van der Waals surface area contributed by atoms with E-state index in [2.05, 4.69) is 16.3 Å². The van der Waals surface area contributed by atoms with Gasteiger partial charge in [0.2, 0.25) is 0 Å². The summed E-state index contributed by atoms with van der Waals surface area (Å²) in [4.78, 5) is 27.9. The minimum atomic E-state index is -0.904. The predicted molar refractivity (Wildman–Crippen MR) is 148 cm³/mol. The van der Waals surface area contributed by atoms with E-state index in [1.165, 1.54) is 0 Å². The van der Waals surface area contributed by atoms with Crippen molar-refractivity contribution in [3.05, 3.63) is 71.3 Å². The summed E-state index contributed by atoms with van der Waals surface area (Å²) in [7, 11) is 1.63. The molecule has 1 spiro atoms. The van der Waals surface area contributed by atoms with Gasteiger partial charge in [-0.25, -0.2) is 9.59 Å². The van der Waals surface area contributed by atoms with Gasteiger partial charge in [-0.2, -0.15) is 0 Å². The molecule has 5 rings (SSSR count). The summed E-state index contributed by atoms with van der Waals surface area (Å²) >= 11 is 0. The van der Waals surface area contributed by atoms with Crippen LogP contribution in [0.3, 0.4) is 0 Å². The first-order valence-electron chi connectivity index (χ1n) is 13.7. The number of amides is 1. The van der Waals surface area contributed by atoms with E-state index in [1.807, 2.05) is 48.5 Å². The summed E-state index contributed by atoms with van der Waals surface area (Å²) in [5.41, 5.74) is 1.97. The van der Waals surface area contributed by atoms with Crippen molar-refractivity contribution in [2.45, 2.75) is 75.8 Å². The molecule has 2 aromatic rings. The fourth-order valence-electron chi connectivity index (χ4n) is 5.85. The van der Waals surface area contributed by atoms with Crippen LogP contribution in [0.1, 0.15) is 50.3 Å². The third-order valence-corrected chi connectivity index (χ3v) is 7.68. The second-order valence-corrected chi connectivity index (χ2v) is 11.7. The molecule has 2 aliphatic heterocycles. The molecular weight excluding hydrogens is 512 g/mol. The van der Waals surface area contributed by atoms with Crippen molar-refractivity contribution in [3.63, 3.8) is 0 Å². The summed E-state index contributed by atoms with van der Waals surface area (Å²) in [6.45, 7) is 6.58. The highest BCUT2D eigenvalue weighted by molar-refractivity contribution is 5.81. The van der Waals surface area contributed by atoms with Crippen LogP contribution in [-0.4, -0.2) is 66.3 Å². The minimum absolute atomic E-state index is 0.0644. The average Bonchev–Trinajstić information content (AvgIpc) is 3.14. The third kappa shape index (κ3) is 5.81. The normalized spacial score (nSPS) is 24.1. The topological polar surface area (TPSA) is 107 Å². The summed E-state index contributed by atoms with van der Waals surface area (Å²) in [6, 6.07) is 12.5. The van der Waals surface area contributed by atoms with Gasteiger partial charge in [-0.3, -0.25) is 4.90 Å². The lowest BCUT2D eigenvalue weighted by Gasteiger charge is -2.35. The van der Waals surface area contributed by atoms with E-state index in [0.717, 1.165) is 28.9 Å². The van der Waals surface area contributed by atoms with Crippen molar-refractivity contribution in [2.75, 3.05) is 20.4 Å². The number of benzene rings is 2. The Kier molecular flexibility index (Phi) is 7.79. The first-order valence-corrected chi connectivity index (χ1v) is 13.7. The minimum Gasteiger partial charge on any atom is -0.493 e. The van der Waals surface area contributed by atoms with Gasteiger partial charge in [0.25, 0.3) is 0 Å². The van der Waals surface area contributed by atoms with Crippen molar-refractivity contribution >= 4 is 12.1 Å². The van der Waals surface area contributed by atoms with Gasteiger partial charge in [0.1, 0.15) is 24.5 Å². The van der Waals surface area contributed by atoms with Gasteiger partial charge in [-0.15, -0.1) is 0 Å². The second kappa shape index (κ2) is 11.1. The molecule has 1 aliphatic carbocycles. The standard InChI is InChI=1S/C31H38N2O7/c1-30(2,3)40-29(36)32-23(16-20-8-6-5-7-9-20)28(35)38-19-33-15-14-31-13-12-22(34)17-25(31)39-27-24(37-4)11-10-21(18-33)26(27)31/h5-13,22-23,25,34H,14-19H2,1-4H3,(H,32,36)/t22-,23?,25-,31?/m0/s1. The Hall–Kier alpha value is -3.56. The monoisotopic (exact) mass is 550 g/mol. The molecule has 0 fully saturated rings. The smallest absolute Gasteiger partial charge is 0.408 e. The molecular formula is C31H38N2O7. The predicted octanol–water partition coefficient (Wildman–Crippen LogP) is 3.86. The molecule has 2 unspecified atom stereocenters. The van der Waals surface area contributed by atoms with Crippen LogP contribution in [0.25, 0.3) is 0 Å². The van der Waals surface area contributed by atoms with Crippen molar-refractivity contribution in [1.29, 1.82) is 0 Å². The number of hydrogen-bond acceptors (Lipinski definition) is 8. The molecule has 4 atom stereocenters.